The summed E-state index contributed by atoms with van der Waals surface area (Å²) < 4.78 is 39.2. The van der Waals surface area contributed by atoms with Crippen LogP contribution < -0.4 is 19.1 Å². The average Bonchev–Trinajstić information content (AvgIpc) is 2.88. The van der Waals surface area contributed by atoms with E-state index >= 15 is 0 Å². The molecule has 9 heteroatoms. The van der Waals surface area contributed by atoms with Gasteiger partial charge >= 0.3 is 0 Å². The molecule has 0 saturated carbocycles. The molecule has 35 heavy (non-hydrogen) atoms. The first-order valence-electron chi connectivity index (χ1n) is 11.3. The van der Waals surface area contributed by atoms with Crippen LogP contribution in [0.25, 0.3) is 0 Å². The summed E-state index contributed by atoms with van der Waals surface area (Å²) in [5.74, 6) is 2.19. The zero-order chi connectivity index (χ0) is 24.7. The number of amides is 1. The molecule has 184 valence electrons. The van der Waals surface area contributed by atoms with Crippen LogP contribution in [-0.2, 0) is 20.6 Å². The maximum atomic E-state index is 13.5. The molecular formula is C26H28N2O5S2. The minimum Gasteiger partial charge on any atom is -0.486 e. The second-order valence-corrected chi connectivity index (χ2v) is 11.0. The molecule has 7 nitrogen and oxygen atoms in total. The lowest BCUT2D eigenvalue weighted by molar-refractivity contribution is -0.119. The third-order valence-corrected chi connectivity index (χ3v) is 8.21. The summed E-state index contributed by atoms with van der Waals surface area (Å²) in [6, 6.07) is 21.3. The first-order valence-corrected chi connectivity index (χ1v) is 13.9. The van der Waals surface area contributed by atoms with E-state index in [1.54, 1.807) is 48.2 Å². The Balaban J connectivity index is 1.42. The van der Waals surface area contributed by atoms with E-state index < -0.39 is 10.0 Å². The summed E-state index contributed by atoms with van der Waals surface area (Å²) in [4.78, 5) is 12.9. The van der Waals surface area contributed by atoms with Gasteiger partial charge in [-0.3, -0.25) is 9.10 Å². The number of hydrogen-bond donors (Lipinski definition) is 1. The van der Waals surface area contributed by atoms with Crippen molar-refractivity contribution in [1.82, 2.24) is 5.32 Å². The highest BCUT2D eigenvalue weighted by molar-refractivity contribution is 7.98. The van der Waals surface area contributed by atoms with Gasteiger partial charge in [0, 0.05) is 24.1 Å². The maximum absolute atomic E-state index is 13.5. The van der Waals surface area contributed by atoms with E-state index in [9.17, 15) is 13.2 Å². The number of carbonyl (C=O) groups excluding carboxylic acids is 1. The molecule has 1 heterocycles. The number of hydrogen-bond acceptors (Lipinski definition) is 6. The molecule has 1 aliphatic rings. The highest BCUT2D eigenvalue weighted by atomic mass is 32.2. The average molecular weight is 513 g/mol. The number of anilines is 1. The van der Waals surface area contributed by atoms with Gasteiger partial charge in [0.25, 0.3) is 10.0 Å². The van der Waals surface area contributed by atoms with E-state index in [-0.39, 0.29) is 17.3 Å². The number of benzene rings is 3. The van der Waals surface area contributed by atoms with Crippen molar-refractivity contribution in [2.45, 2.75) is 17.6 Å². The van der Waals surface area contributed by atoms with Crippen LogP contribution in [0.3, 0.4) is 0 Å². The molecule has 0 saturated heterocycles. The van der Waals surface area contributed by atoms with E-state index in [1.165, 1.54) is 23.3 Å². The molecular weight excluding hydrogens is 484 g/mol. The molecule has 4 rings (SSSR count). The molecule has 0 bridgehead atoms. The number of fused-ring (bicyclic) bond motifs is 1. The number of carbonyl (C=O) groups is 1. The van der Waals surface area contributed by atoms with Gasteiger partial charge in [0.1, 0.15) is 19.8 Å². The van der Waals surface area contributed by atoms with Gasteiger partial charge in [0.05, 0.1) is 10.6 Å². The van der Waals surface area contributed by atoms with Crippen LogP contribution in [0.1, 0.15) is 11.1 Å². The van der Waals surface area contributed by atoms with Gasteiger partial charge in [-0.1, -0.05) is 48.0 Å². The lowest BCUT2D eigenvalue weighted by Gasteiger charge is -2.26. The first-order chi connectivity index (χ1) is 16.9. The lowest BCUT2D eigenvalue weighted by atomic mass is 10.2. The Kier molecular flexibility index (Phi) is 8.20. The number of thioether (sulfide) groups is 1. The third-order valence-electron chi connectivity index (χ3n) is 5.39. The van der Waals surface area contributed by atoms with Crippen LogP contribution in [0.5, 0.6) is 11.5 Å². The molecule has 3 aromatic rings. The van der Waals surface area contributed by atoms with E-state index in [0.717, 1.165) is 15.8 Å². The van der Waals surface area contributed by atoms with Gasteiger partial charge < -0.3 is 14.8 Å². The second-order valence-electron chi connectivity index (χ2n) is 8.04. The molecule has 0 atom stereocenters. The molecule has 0 fully saturated rings. The van der Waals surface area contributed by atoms with Crippen molar-refractivity contribution in [2.24, 2.45) is 0 Å². The van der Waals surface area contributed by atoms with Gasteiger partial charge in [-0.2, -0.15) is 11.8 Å². The quantitative estimate of drug-likeness (QED) is 0.413. The highest BCUT2D eigenvalue weighted by Crippen LogP contribution is 2.35. The summed E-state index contributed by atoms with van der Waals surface area (Å²) in [6.07, 6.45) is 0. The van der Waals surface area contributed by atoms with Crippen molar-refractivity contribution < 1.29 is 22.7 Å². The zero-order valence-electron chi connectivity index (χ0n) is 19.5. The molecule has 0 radical (unpaired) electrons. The second kappa shape index (κ2) is 11.5. The smallest absolute Gasteiger partial charge is 0.264 e. The first kappa shape index (κ1) is 24.9. The predicted octanol–water partition coefficient (Wildman–Crippen LogP) is 4.01. The number of ether oxygens (including phenoxy) is 2. The van der Waals surface area contributed by atoms with Crippen LogP contribution in [-0.4, -0.2) is 46.4 Å². The van der Waals surface area contributed by atoms with Crippen LogP contribution >= 0.6 is 11.8 Å². The monoisotopic (exact) mass is 512 g/mol. The number of rotatable bonds is 10. The Morgan fingerprint density at radius 2 is 1.69 bits per heavy atom. The van der Waals surface area contributed by atoms with Crippen LogP contribution in [0, 0.1) is 6.92 Å². The largest absolute Gasteiger partial charge is 0.486 e. The lowest BCUT2D eigenvalue weighted by Crippen LogP contribution is -2.41. The van der Waals surface area contributed by atoms with Gasteiger partial charge in [0.15, 0.2) is 11.5 Å². The summed E-state index contributed by atoms with van der Waals surface area (Å²) in [7, 11) is -3.98. The number of nitrogens with one attached hydrogen (secondary N) is 1. The minimum absolute atomic E-state index is 0.108. The van der Waals surface area contributed by atoms with E-state index in [1.807, 2.05) is 0 Å². The Morgan fingerprint density at radius 1 is 0.971 bits per heavy atom. The van der Waals surface area contributed by atoms with Crippen molar-refractivity contribution in [2.75, 3.05) is 36.4 Å². The topological polar surface area (TPSA) is 84.9 Å². The molecule has 0 aromatic heterocycles. The highest BCUT2D eigenvalue weighted by Gasteiger charge is 2.28. The molecule has 0 unspecified atom stereocenters. The van der Waals surface area contributed by atoms with E-state index in [4.69, 9.17) is 9.47 Å². The van der Waals surface area contributed by atoms with Crippen molar-refractivity contribution in [3.63, 3.8) is 0 Å². The summed E-state index contributed by atoms with van der Waals surface area (Å²) >= 11 is 1.71. The summed E-state index contributed by atoms with van der Waals surface area (Å²) in [5, 5.41) is 2.84. The minimum atomic E-state index is -3.98. The normalized spacial score (nSPS) is 12.7. The van der Waals surface area contributed by atoms with Crippen molar-refractivity contribution in [1.29, 1.82) is 0 Å². The van der Waals surface area contributed by atoms with Gasteiger partial charge in [-0.25, -0.2) is 8.42 Å². The number of aryl methyl sites for hydroxylation is 1. The molecule has 0 spiro atoms. The van der Waals surface area contributed by atoms with Crippen molar-refractivity contribution >= 4 is 33.4 Å². The number of sulfonamides is 1. The molecule has 1 N–H and O–H groups in total. The molecule has 3 aromatic carbocycles. The van der Waals surface area contributed by atoms with Crippen molar-refractivity contribution in [3.8, 4) is 11.5 Å². The fraction of sp³-hybridized carbons (Fsp3) is 0.269. The Labute approximate surface area is 210 Å². The van der Waals surface area contributed by atoms with Crippen LogP contribution in [0.4, 0.5) is 5.69 Å². The fourth-order valence-corrected chi connectivity index (χ4v) is 5.80. The number of nitrogens with zero attached hydrogens (tertiary/aromatic N) is 1. The molecule has 0 aliphatic carbocycles. The third kappa shape index (κ3) is 6.49. The summed E-state index contributed by atoms with van der Waals surface area (Å²) in [6.45, 7) is 2.96. The van der Waals surface area contributed by atoms with Crippen LogP contribution in [0.15, 0.2) is 77.7 Å². The van der Waals surface area contributed by atoms with Gasteiger partial charge in [0.2, 0.25) is 5.91 Å². The van der Waals surface area contributed by atoms with Crippen LogP contribution in [0.2, 0.25) is 0 Å². The Hall–Kier alpha value is -3.17. The van der Waals surface area contributed by atoms with Gasteiger partial charge in [-0.05, 0) is 36.8 Å². The van der Waals surface area contributed by atoms with Crippen molar-refractivity contribution in [3.05, 3.63) is 83.9 Å². The van der Waals surface area contributed by atoms with E-state index in [0.29, 0.717) is 36.9 Å². The predicted molar refractivity (Wildman–Crippen MR) is 139 cm³/mol. The summed E-state index contributed by atoms with van der Waals surface area (Å²) in [5.41, 5.74) is 2.78. The zero-order valence-corrected chi connectivity index (χ0v) is 21.1. The molecule has 1 aliphatic heterocycles. The molecule has 1 amide bonds. The Morgan fingerprint density at radius 3 is 2.43 bits per heavy atom. The SMILES string of the molecule is Cc1ccc(CSCCNC(=O)CN(c2ccc3c(c2)OCCO3)S(=O)(=O)c2ccccc2)cc1. The fourth-order valence-electron chi connectivity index (χ4n) is 3.55. The maximum Gasteiger partial charge on any atom is 0.264 e. The van der Waals surface area contributed by atoms with E-state index in [2.05, 4.69) is 36.5 Å². The van der Waals surface area contributed by atoms with Gasteiger partial charge in [-0.15, -0.1) is 0 Å². The standard InChI is InChI=1S/C26H28N2O5S2/c1-20-7-9-21(10-8-20)19-34-16-13-27-26(29)18-28(35(30,31)23-5-3-2-4-6-23)22-11-12-24-25(17-22)33-15-14-32-24/h2-12,17H,13-16,18-19H2,1H3,(H,27,29). The Bertz CT molecular complexity index is 1250.